The fourth-order valence-corrected chi connectivity index (χ4v) is 5.21. The summed E-state index contributed by atoms with van der Waals surface area (Å²) in [5, 5.41) is 6.03. The van der Waals surface area contributed by atoms with Crippen molar-refractivity contribution in [1.29, 1.82) is 0 Å². The first-order valence-corrected chi connectivity index (χ1v) is 15.3. The molecule has 0 aliphatic heterocycles. The lowest BCUT2D eigenvalue weighted by atomic mass is 9.85. The molecule has 0 bridgehead atoms. The minimum absolute atomic E-state index is 0.0617. The summed E-state index contributed by atoms with van der Waals surface area (Å²) in [5.41, 5.74) is 7.52. The van der Waals surface area contributed by atoms with Crippen LogP contribution in [0, 0.1) is 18.3 Å². The molecule has 7 nitrogen and oxygen atoms in total. The highest BCUT2D eigenvalue weighted by atomic mass is 16.6. The van der Waals surface area contributed by atoms with Crippen molar-refractivity contribution in [2.24, 2.45) is 11.3 Å². The van der Waals surface area contributed by atoms with Crippen molar-refractivity contribution in [3.8, 4) is 11.1 Å². The van der Waals surface area contributed by atoms with Crippen LogP contribution in [0.15, 0.2) is 91.5 Å². The van der Waals surface area contributed by atoms with Gasteiger partial charge in [-0.25, -0.2) is 5.48 Å². The van der Waals surface area contributed by atoms with E-state index >= 15 is 0 Å². The van der Waals surface area contributed by atoms with Crippen molar-refractivity contribution in [2.45, 2.75) is 72.4 Å². The molecule has 3 aromatic carbocycles. The molecule has 7 heteroatoms. The number of aryl methyl sites for hydroxylation is 2. The number of carbonyl (C=O) groups is 3. The number of benzene rings is 3. The van der Waals surface area contributed by atoms with Crippen molar-refractivity contribution in [1.82, 2.24) is 16.1 Å². The zero-order valence-electron chi connectivity index (χ0n) is 26.7. The Kier molecular flexibility index (Phi) is 12.9. The molecule has 3 N–H and O–H groups in total. The highest BCUT2D eigenvalue weighted by Gasteiger charge is 2.35. The Morgan fingerprint density at radius 3 is 2.18 bits per heavy atom. The zero-order valence-corrected chi connectivity index (χ0v) is 26.7. The molecule has 3 atom stereocenters. The van der Waals surface area contributed by atoms with Gasteiger partial charge in [-0.15, -0.1) is 6.58 Å². The number of nitrogens with one attached hydrogen (secondary N) is 3. The smallest absolute Gasteiger partial charge is 0.244 e. The van der Waals surface area contributed by atoms with Gasteiger partial charge >= 0.3 is 0 Å². The maximum absolute atomic E-state index is 13.7. The summed E-state index contributed by atoms with van der Waals surface area (Å²) < 4.78 is 0. The molecule has 0 aliphatic rings. The fourth-order valence-electron chi connectivity index (χ4n) is 5.21. The molecule has 3 amide bonds. The third-order valence-corrected chi connectivity index (χ3v) is 7.66. The molecular formula is C37H47N3O4. The average molecular weight is 598 g/mol. The first-order valence-electron chi connectivity index (χ1n) is 15.3. The molecule has 3 rings (SSSR count). The molecule has 44 heavy (non-hydrogen) atoms. The number of hydrogen-bond donors (Lipinski definition) is 3. The second-order valence-electron chi connectivity index (χ2n) is 12.4. The Bertz CT molecular complexity index is 1380. The summed E-state index contributed by atoms with van der Waals surface area (Å²) in [6.07, 6.45) is 3.39. The molecule has 0 aliphatic carbocycles. The summed E-state index contributed by atoms with van der Waals surface area (Å²) in [4.78, 5) is 44.9. The minimum Gasteiger partial charge on any atom is -0.348 e. The van der Waals surface area contributed by atoms with Crippen LogP contribution in [0.3, 0.4) is 0 Å². The average Bonchev–Trinajstić information content (AvgIpc) is 2.99. The lowest BCUT2D eigenvalue weighted by Crippen LogP contribution is -2.55. The van der Waals surface area contributed by atoms with Crippen molar-refractivity contribution in [3.63, 3.8) is 0 Å². The maximum Gasteiger partial charge on any atom is 0.244 e. The number of carbonyl (C=O) groups excluding carboxylic acids is 3. The SMILES string of the molecule is C=CCONC(=O)C[C@@H](CCCc1ccc(-c2ccccc2)c(C)c1)C(=O)N[C@H](C(=O)N[C@H](C)c1ccccc1)C(C)(C)C. The molecule has 3 aromatic rings. The Morgan fingerprint density at radius 1 is 0.909 bits per heavy atom. The molecule has 0 saturated carbocycles. The number of hydroxylamine groups is 1. The third kappa shape index (κ3) is 10.5. The van der Waals surface area contributed by atoms with E-state index in [-0.39, 0.29) is 30.9 Å². The van der Waals surface area contributed by atoms with E-state index in [4.69, 9.17) is 4.84 Å². The van der Waals surface area contributed by atoms with Crippen LogP contribution in [0.5, 0.6) is 0 Å². The summed E-state index contributed by atoms with van der Waals surface area (Å²) in [7, 11) is 0. The number of amides is 3. The highest BCUT2D eigenvalue weighted by Crippen LogP contribution is 2.26. The van der Waals surface area contributed by atoms with E-state index in [2.05, 4.69) is 59.9 Å². The number of hydrogen-bond acceptors (Lipinski definition) is 4. The summed E-state index contributed by atoms with van der Waals surface area (Å²) in [6, 6.07) is 25.4. The van der Waals surface area contributed by atoms with E-state index in [1.54, 1.807) is 0 Å². The molecule has 0 aromatic heterocycles. The van der Waals surface area contributed by atoms with E-state index in [0.717, 1.165) is 12.0 Å². The molecule has 0 unspecified atom stereocenters. The van der Waals surface area contributed by atoms with Crippen LogP contribution < -0.4 is 16.1 Å². The lowest BCUT2D eigenvalue weighted by molar-refractivity contribution is -0.139. The van der Waals surface area contributed by atoms with E-state index < -0.39 is 23.3 Å². The normalized spacial score (nSPS) is 13.3. The van der Waals surface area contributed by atoms with Crippen LogP contribution in [0.25, 0.3) is 11.1 Å². The zero-order chi connectivity index (χ0) is 32.1. The van der Waals surface area contributed by atoms with Gasteiger partial charge < -0.3 is 10.6 Å². The van der Waals surface area contributed by atoms with Gasteiger partial charge in [0.05, 0.1) is 12.6 Å². The largest absolute Gasteiger partial charge is 0.348 e. The summed E-state index contributed by atoms with van der Waals surface area (Å²) >= 11 is 0. The van der Waals surface area contributed by atoms with Crippen LogP contribution in [0.1, 0.15) is 69.7 Å². The topological polar surface area (TPSA) is 96.5 Å². The van der Waals surface area contributed by atoms with Crippen molar-refractivity contribution in [3.05, 3.63) is 108 Å². The van der Waals surface area contributed by atoms with E-state index in [1.165, 1.54) is 28.3 Å². The first kappa shape index (κ1) is 34.3. The van der Waals surface area contributed by atoms with Gasteiger partial charge in [-0.3, -0.25) is 19.2 Å². The molecule has 0 fully saturated rings. The summed E-state index contributed by atoms with van der Waals surface area (Å²) in [6.45, 7) is 13.5. The van der Waals surface area contributed by atoms with Crippen LogP contribution in [-0.4, -0.2) is 30.4 Å². The molecule has 0 heterocycles. The quantitative estimate of drug-likeness (QED) is 0.104. The standard InChI is InChI=1S/C37H47N3O4/c1-7-23-44-40-33(41)25-31(20-14-15-28-21-22-32(26(2)24-28)30-18-12-9-13-19-30)35(42)39-34(37(4,5)6)36(43)38-27(3)29-16-10-8-11-17-29/h7-13,16-19,21-22,24,27,31,34H,1,14-15,20,23,25H2,2-6H3,(H,38,43)(H,39,42)(H,40,41)/t27-,31-,34-/m1/s1. The minimum atomic E-state index is -0.795. The van der Waals surface area contributed by atoms with Gasteiger partial charge in [-0.2, -0.15) is 0 Å². The fraction of sp³-hybridized carbons (Fsp3) is 0.378. The Hall–Kier alpha value is -4.23. The number of rotatable bonds is 15. The van der Waals surface area contributed by atoms with Crippen LogP contribution in [0.2, 0.25) is 0 Å². The van der Waals surface area contributed by atoms with E-state index in [0.29, 0.717) is 12.8 Å². The van der Waals surface area contributed by atoms with Gasteiger partial charge in [0, 0.05) is 12.3 Å². The van der Waals surface area contributed by atoms with Crippen LogP contribution in [0.4, 0.5) is 0 Å². The van der Waals surface area contributed by atoms with Gasteiger partial charge in [0.15, 0.2) is 0 Å². The van der Waals surface area contributed by atoms with Gasteiger partial charge in [0.25, 0.3) is 0 Å². The van der Waals surface area contributed by atoms with E-state index in [1.807, 2.05) is 76.2 Å². The Morgan fingerprint density at radius 2 is 1.57 bits per heavy atom. The predicted molar refractivity (Wildman–Crippen MR) is 176 cm³/mol. The van der Waals surface area contributed by atoms with Crippen molar-refractivity contribution in [2.75, 3.05) is 6.61 Å². The second-order valence-corrected chi connectivity index (χ2v) is 12.4. The van der Waals surface area contributed by atoms with E-state index in [9.17, 15) is 14.4 Å². The van der Waals surface area contributed by atoms with Crippen LogP contribution >= 0.6 is 0 Å². The van der Waals surface area contributed by atoms with Crippen molar-refractivity contribution < 1.29 is 19.2 Å². The molecular weight excluding hydrogens is 550 g/mol. The molecule has 0 saturated heterocycles. The van der Waals surface area contributed by atoms with Crippen molar-refractivity contribution >= 4 is 17.7 Å². The van der Waals surface area contributed by atoms with Gasteiger partial charge in [0.2, 0.25) is 17.7 Å². The molecule has 0 spiro atoms. The lowest BCUT2D eigenvalue weighted by Gasteiger charge is -2.32. The van der Waals surface area contributed by atoms with Gasteiger partial charge in [-0.1, -0.05) is 106 Å². The molecule has 234 valence electrons. The second kappa shape index (κ2) is 16.6. The summed E-state index contributed by atoms with van der Waals surface area (Å²) in [5.74, 6) is -1.64. The Labute approximate surface area is 262 Å². The van der Waals surface area contributed by atoms with Gasteiger partial charge in [-0.05, 0) is 66.3 Å². The molecule has 0 radical (unpaired) electrons. The third-order valence-electron chi connectivity index (χ3n) is 7.66. The Balaban J connectivity index is 1.70. The van der Waals surface area contributed by atoms with Gasteiger partial charge in [0.1, 0.15) is 6.04 Å². The highest BCUT2D eigenvalue weighted by molar-refractivity contribution is 5.91. The monoisotopic (exact) mass is 597 g/mol. The predicted octanol–water partition coefficient (Wildman–Crippen LogP) is 6.63. The first-order chi connectivity index (χ1) is 21.0. The maximum atomic E-state index is 13.7. The van der Waals surface area contributed by atoms with Crippen LogP contribution in [-0.2, 0) is 25.6 Å².